The smallest absolute Gasteiger partial charge is 0.337 e. The summed E-state index contributed by atoms with van der Waals surface area (Å²) in [6, 6.07) is 13.6. The van der Waals surface area contributed by atoms with Gasteiger partial charge in [0.05, 0.1) is 36.4 Å². The normalized spacial score (nSPS) is 13.0. The van der Waals surface area contributed by atoms with Gasteiger partial charge < -0.3 is 14.8 Å². The molecule has 0 aliphatic heterocycles. The Morgan fingerprint density at radius 2 is 1.57 bits per heavy atom. The number of hydrogen-bond acceptors (Lipinski definition) is 6. The third kappa shape index (κ3) is 3.87. The number of hydrogen-bond donors (Lipinski definition) is 1. The minimum Gasteiger partial charge on any atom is -0.465 e. The molecule has 0 bridgehead atoms. The lowest BCUT2D eigenvalue weighted by atomic mass is 10.0. The van der Waals surface area contributed by atoms with Gasteiger partial charge in [0.25, 0.3) is 5.91 Å². The van der Waals surface area contributed by atoms with Crippen LogP contribution in [0.15, 0.2) is 48.5 Å². The lowest BCUT2D eigenvalue weighted by Gasteiger charge is -2.12. The van der Waals surface area contributed by atoms with E-state index in [-0.39, 0.29) is 22.7 Å². The summed E-state index contributed by atoms with van der Waals surface area (Å²) in [5.41, 5.74) is 2.70. The van der Waals surface area contributed by atoms with Gasteiger partial charge in [-0.15, -0.1) is 0 Å². The number of nitrogens with one attached hydrogen (secondary N) is 1. The van der Waals surface area contributed by atoms with Crippen molar-refractivity contribution in [3.05, 3.63) is 70.9 Å². The van der Waals surface area contributed by atoms with Gasteiger partial charge in [-0.05, 0) is 43.2 Å². The molecule has 0 spiro atoms. The number of carbonyl (C=O) groups is 3. The van der Waals surface area contributed by atoms with E-state index >= 15 is 0 Å². The zero-order valence-electron chi connectivity index (χ0n) is 16.6. The number of nitrogens with zero attached hydrogens (tertiary/aromatic N) is 1. The molecule has 1 aliphatic carbocycles. The first kappa shape index (κ1) is 19.6. The highest BCUT2D eigenvalue weighted by atomic mass is 16.5. The van der Waals surface area contributed by atoms with E-state index < -0.39 is 11.9 Å². The van der Waals surface area contributed by atoms with Gasteiger partial charge in [0, 0.05) is 22.7 Å². The second kappa shape index (κ2) is 7.94. The molecular weight excluding hydrogens is 384 g/mol. The minimum atomic E-state index is -0.623. The molecule has 30 heavy (non-hydrogen) atoms. The first-order chi connectivity index (χ1) is 14.5. The summed E-state index contributed by atoms with van der Waals surface area (Å²) in [6.45, 7) is 0. The van der Waals surface area contributed by atoms with Gasteiger partial charge in [-0.3, -0.25) is 9.78 Å². The molecule has 1 heterocycles. The Hall–Kier alpha value is -3.74. The van der Waals surface area contributed by atoms with E-state index in [2.05, 4.69) is 10.3 Å². The lowest BCUT2D eigenvalue weighted by molar-refractivity contribution is 0.0599. The second-order valence-corrected chi connectivity index (χ2v) is 7.12. The van der Waals surface area contributed by atoms with E-state index in [1.807, 2.05) is 30.3 Å². The molecule has 1 saturated carbocycles. The van der Waals surface area contributed by atoms with Crippen molar-refractivity contribution in [2.24, 2.45) is 0 Å². The topological polar surface area (TPSA) is 94.6 Å². The molecule has 1 aromatic heterocycles. The Balaban J connectivity index is 1.73. The number of fused-ring (bicyclic) bond motifs is 1. The van der Waals surface area contributed by atoms with Crippen LogP contribution in [0.25, 0.3) is 10.9 Å². The number of aromatic nitrogens is 1. The summed E-state index contributed by atoms with van der Waals surface area (Å²) in [6.07, 6.45) is 2.13. The van der Waals surface area contributed by atoms with Crippen molar-refractivity contribution in [1.29, 1.82) is 0 Å². The number of methoxy groups -OCH3 is 2. The number of benzene rings is 2. The zero-order valence-corrected chi connectivity index (χ0v) is 16.6. The molecular formula is C23H20N2O5. The third-order valence-corrected chi connectivity index (χ3v) is 5.01. The zero-order chi connectivity index (χ0) is 21.3. The number of ether oxygens (including phenoxy) is 2. The second-order valence-electron chi connectivity index (χ2n) is 7.12. The van der Waals surface area contributed by atoms with E-state index in [4.69, 9.17) is 9.47 Å². The highest BCUT2D eigenvalue weighted by Gasteiger charge is 2.27. The number of carbonyl (C=O) groups excluding carboxylic acids is 3. The molecule has 3 aromatic rings. The fourth-order valence-electron chi connectivity index (χ4n) is 3.34. The molecule has 0 saturated heterocycles. The average Bonchev–Trinajstić information content (AvgIpc) is 3.62. The van der Waals surface area contributed by atoms with Gasteiger partial charge in [-0.1, -0.05) is 18.2 Å². The summed E-state index contributed by atoms with van der Waals surface area (Å²) in [5.74, 6) is -1.22. The molecule has 4 rings (SSSR count). The summed E-state index contributed by atoms with van der Waals surface area (Å²) in [5, 5.41) is 3.53. The molecule has 7 nitrogen and oxygen atoms in total. The van der Waals surface area contributed by atoms with Gasteiger partial charge in [0.2, 0.25) is 0 Å². The molecule has 152 valence electrons. The fourth-order valence-corrected chi connectivity index (χ4v) is 3.34. The van der Waals surface area contributed by atoms with Crippen molar-refractivity contribution >= 4 is 34.4 Å². The van der Waals surface area contributed by atoms with Crippen molar-refractivity contribution in [2.75, 3.05) is 19.5 Å². The highest BCUT2D eigenvalue weighted by molar-refractivity contribution is 6.13. The van der Waals surface area contributed by atoms with Crippen molar-refractivity contribution in [3.8, 4) is 0 Å². The van der Waals surface area contributed by atoms with Crippen LogP contribution in [0.3, 0.4) is 0 Å². The summed E-state index contributed by atoms with van der Waals surface area (Å²) >= 11 is 0. The number of rotatable bonds is 5. The summed E-state index contributed by atoms with van der Waals surface area (Å²) in [7, 11) is 2.49. The first-order valence-corrected chi connectivity index (χ1v) is 9.53. The van der Waals surface area contributed by atoms with Crippen LogP contribution >= 0.6 is 0 Å². The van der Waals surface area contributed by atoms with Crippen LogP contribution in [-0.2, 0) is 9.47 Å². The van der Waals surface area contributed by atoms with Gasteiger partial charge in [-0.2, -0.15) is 0 Å². The lowest BCUT2D eigenvalue weighted by Crippen LogP contribution is -2.15. The molecule has 0 atom stereocenters. The molecule has 2 aromatic carbocycles. The Bertz CT molecular complexity index is 1130. The number of para-hydroxylation sites is 1. The van der Waals surface area contributed by atoms with E-state index in [0.717, 1.165) is 29.4 Å². The van der Waals surface area contributed by atoms with Crippen molar-refractivity contribution in [3.63, 3.8) is 0 Å². The molecule has 1 N–H and O–H groups in total. The maximum Gasteiger partial charge on any atom is 0.337 e. The Morgan fingerprint density at radius 3 is 2.17 bits per heavy atom. The molecule has 0 unspecified atom stereocenters. The summed E-state index contributed by atoms with van der Waals surface area (Å²) < 4.78 is 9.49. The molecule has 1 fully saturated rings. The number of anilines is 1. The highest BCUT2D eigenvalue weighted by Crippen LogP contribution is 2.40. The number of esters is 2. The van der Waals surface area contributed by atoms with Gasteiger partial charge >= 0.3 is 11.9 Å². The number of pyridine rings is 1. The molecule has 7 heteroatoms. The Labute approximate surface area is 173 Å². The van der Waals surface area contributed by atoms with Gasteiger partial charge in [-0.25, -0.2) is 9.59 Å². The quantitative estimate of drug-likeness (QED) is 0.648. The van der Waals surface area contributed by atoms with Crippen molar-refractivity contribution in [1.82, 2.24) is 4.98 Å². The van der Waals surface area contributed by atoms with Crippen LogP contribution in [0.2, 0.25) is 0 Å². The number of amides is 1. The van der Waals surface area contributed by atoms with Gasteiger partial charge in [0.1, 0.15) is 0 Å². The standard InChI is InChI=1S/C23H20N2O5/c1-29-22(27)14-9-15(23(28)30-2)11-16(10-14)24-21(26)18-12-20(13-7-8-13)25-19-6-4-3-5-17(18)19/h3-6,9-13H,7-8H2,1-2H3,(H,24,26). The monoisotopic (exact) mass is 404 g/mol. The first-order valence-electron chi connectivity index (χ1n) is 9.53. The fraction of sp³-hybridized carbons (Fsp3) is 0.217. The predicted molar refractivity (Wildman–Crippen MR) is 111 cm³/mol. The van der Waals surface area contributed by atoms with Crippen molar-refractivity contribution in [2.45, 2.75) is 18.8 Å². The Kier molecular flexibility index (Phi) is 5.18. The Morgan fingerprint density at radius 1 is 0.933 bits per heavy atom. The van der Waals surface area contributed by atoms with Gasteiger partial charge in [0.15, 0.2) is 0 Å². The SMILES string of the molecule is COC(=O)c1cc(NC(=O)c2cc(C3CC3)nc3ccccc23)cc(C(=O)OC)c1. The average molecular weight is 404 g/mol. The van der Waals surface area contributed by atoms with E-state index in [0.29, 0.717) is 11.5 Å². The minimum absolute atomic E-state index is 0.133. The summed E-state index contributed by atoms with van der Waals surface area (Å²) in [4.78, 5) is 41.8. The maximum atomic E-state index is 13.2. The third-order valence-electron chi connectivity index (χ3n) is 5.01. The molecule has 0 radical (unpaired) electrons. The van der Waals surface area contributed by atoms with E-state index in [1.54, 1.807) is 0 Å². The van der Waals surface area contributed by atoms with Crippen LogP contribution in [-0.4, -0.2) is 37.0 Å². The van der Waals surface area contributed by atoms with Crippen molar-refractivity contribution < 1.29 is 23.9 Å². The maximum absolute atomic E-state index is 13.2. The largest absolute Gasteiger partial charge is 0.465 e. The molecule has 1 amide bonds. The van der Waals surface area contributed by atoms with Crippen LogP contribution in [0.5, 0.6) is 0 Å². The van der Waals surface area contributed by atoms with E-state index in [9.17, 15) is 14.4 Å². The van der Waals surface area contributed by atoms with Crippen LogP contribution in [0.1, 0.15) is 55.5 Å². The molecule has 1 aliphatic rings. The van der Waals surface area contributed by atoms with Crippen LogP contribution in [0.4, 0.5) is 5.69 Å². The van der Waals surface area contributed by atoms with Crippen LogP contribution in [0, 0.1) is 0 Å². The van der Waals surface area contributed by atoms with E-state index in [1.165, 1.54) is 32.4 Å². The predicted octanol–water partition coefficient (Wildman–Crippen LogP) is 3.94. The van der Waals surface area contributed by atoms with Crippen LogP contribution < -0.4 is 5.32 Å².